The second kappa shape index (κ2) is 7.72. The third-order valence-electron chi connectivity index (χ3n) is 7.58. The maximum Gasteiger partial charge on any atom is 0.239 e. The Balaban J connectivity index is 1.49. The van der Waals surface area contributed by atoms with Crippen molar-refractivity contribution in [1.82, 2.24) is 4.90 Å². The fourth-order valence-corrected chi connectivity index (χ4v) is 6.39. The number of hydrogen-bond donors (Lipinski definition) is 0. The van der Waals surface area contributed by atoms with E-state index in [0.29, 0.717) is 5.69 Å². The number of carbonyl (C=O) groups is 2. The van der Waals surface area contributed by atoms with Gasteiger partial charge in [0.15, 0.2) is 0 Å². The Morgan fingerprint density at radius 1 is 0.688 bits per heavy atom. The van der Waals surface area contributed by atoms with Crippen LogP contribution in [0.3, 0.4) is 0 Å². The maximum atomic E-state index is 13.9. The molecule has 0 saturated carbocycles. The minimum atomic E-state index is -0.321. The summed E-state index contributed by atoms with van der Waals surface area (Å²) in [6.07, 6.45) is 2.06. The average Bonchev–Trinajstić information content (AvgIpc) is 3.49. The van der Waals surface area contributed by atoms with Gasteiger partial charge in [0.1, 0.15) is 0 Å². The number of para-hydroxylation sites is 1. The van der Waals surface area contributed by atoms with Gasteiger partial charge < -0.3 is 0 Å². The first-order chi connectivity index (χ1) is 15.8. The molecule has 6 rings (SSSR count). The summed E-state index contributed by atoms with van der Waals surface area (Å²) in [5, 5.41) is 0. The number of nitrogens with zero attached hydrogens (tertiary/aromatic N) is 2. The number of fused-ring (bicyclic) bond motifs is 3. The fraction of sp³-hybridized carbons (Fsp3) is 0.286. The van der Waals surface area contributed by atoms with Crippen molar-refractivity contribution in [3.8, 4) is 0 Å². The first kappa shape index (κ1) is 19.4. The lowest BCUT2D eigenvalue weighted by molar-refractivity contribution is -0.123. The first-order valence-electron chi connectivity index (χ1n) is 11.5. The lowest BCUT2D eigenvalue weighted by Crippen LogP contribution is -2.45. The molecule has 0 unspecified atom stereocenters. The van der Waals surface area contributed by atoms with Crippen molar-refractivity contribution in [3.63, 3.8) is 0 Å². The normalized spacial score (nSPS) is 27.2. The van der Waals surface area contributed by atoms with Crippen LogP contribution in [-0.2, 0) is 9.59 Å². The Morgan fingerprint density at radius 2 is 1.22 bits per heavy atom. The molecule has 4 nitrogen and oxygen atoms in total. The van der Waals surface area contributed by atoms with Gasteiger partial charge in [-0.05, 0) is 42.6 Å². The Hall–Kier alpha value is -3.24. The van der Waals surface area contributed by atoms with Crippen LogP contribution in [0.5, 0.6) is 0 Å². The van der Waals surface area contributed by atoms with Crippen molar-refractivity contribution < 1.29 is 9.59 Å². The summed E-state index contributed by atoms with van der Waals surface area (Å²) in [4.78, 5) is 31.5. The van der Waals surface area contributed by atoms with Crippen molar-refractivity contribution in [1.29, 1.82) is 0 Å². The number of benzene rings is 3. The Labute approximate surface area is 188 Å². The van der Waals surface area contributed by atoms with Crippen LogP contribution < -0.4 is 4.90 Å². The lowest BCUT2D eigenvalue weighted by atomic mass is 9.77. The molecule has 2 amide bonds. The van der Waals surface area contributed by atoms with Gasteiger partial charge in [0, 0.05) is 18.0 Å². The SMILES string of the molecule is O=C1[C@H]2[C@H](C(=O)N1c1ccccc1)[C@H](C(c1ccccc1)c1ccccc1)N1CCC[C@H]21. The van der Waals surface area contributed by atoms with Crippen molar-refractivity contribution in [2.24, 2.45) is 11.8 Å². The van der Waals surface area contributed by atoms with E-state index < -0.39 is 0 Å². The van der Waals surface area contributed by atoms with Gasteiger partial charge in [0.2, 0.25) is 11.8 Å². The number of imide groups is 1. The topological polar surface area (TPSA) is 40.6 Å². The molecule has 0 N–H and O–H groups in total. The van der Waals surface area contributed by atoms with Gasteiger partial charge in [0.05, 0.1) is 17.5 Å². The summed E-state index contributed by atoms with van der Waals surface area (Å²) < 4.78 is 0. The highest BCUT2D eigenvalue weighted by molar-refractivity contribution is 6.23. The highest BCUT2D eigenvalue weighted by Gasteiger charge is 2.64. The van der Waals surface area contributed by atoms with E-state index in [9.17, 15) is 9.59 Å². The van der Waals surface area contributed by atoms with Crippen molar-refractivity contribution in [2.75, 3.05) is 11.4 Å². The van der Waals surface area contributed by atoms with Crippen LogP contribution in [0.2, 0.25) is 0 Å². The predicted octanol–water partition coefficient (Wildman–Crippen LogP) is 4.47. The lowest BCUT2D eigenvalue weighted by Gasteiger charge is -2.35. The number of amides is 2. The molecule has 4 atom stereocenters. The summed E-state index contributed by atoms with van der Waals surface area (Å²) in [5.74, 6) is -0.600. The molecule has 4 heteroatoms. The van der Waals surface area contributed by atoms with E-state index in [0.717, 1.165) is 19.4 Å². The molecule has 0 aliphatic carbocycles. The molecule has 0 radical (unpaired) electrons. The summed E-state index contributed by atoms with van der Waals surface area (Å²) in [5.41, 5.74) is 3.10. The molecular formula is C28H26N2O2. The third-order valence-corrected chi connectivity index (χ3v) is 7.58. The molecule has 32 heavy (non-hydrogen) atoms. The minimum absolute atomic E-state index is 0.0227. The van der Waals surface area contributed by atoms with Crippen LogP contribution >= 0.6 is 0 Å². The van der Waals surface area contributed by atoms with Crippen LogP contribution in [0.4, 0.5) is 5.69 Å². The van der Waals surface area contributed by atoms with Crippen LogP contribution in [0.25, 0.3) is 0 Å². The van der Waals surface area contributed by atoms with Crippen LogP contribution in [-0.4, -0.2) is 35.3 Å². The highest BCUT2D eigenvalue weighted by Crippen LogP contribution is 2.52. The summed E-state index contributed by atoms with van der Waals surface area (Å²) in [7, 11) is 0. The van der Waals surface area contributed by atoms with Gasteiger partial charge in [-0.1, -0.05) is 78.9 Å². The van der Waals surface area contributed by atoms with E-state index in [2.05, 4.69) is 53.4 Å². The van der Waals surface area contributed by atoms with Crippen LogP contribution in [0, 0.1) is 11.8 Å². The quantitative estimate of drug-likeness (QED) is 0.583. The molecule has 3 fully saturated rings. The molecular weight excluding hydrogens is 396 g/mol. The van der Waals surface area contributed by atoms with Gasteiger partial charge in [-0.3, -0.25) is 14.5 Å². The molecule has 3 saturated heterocycles. The fourth-order valence-electron chi connectivity index (χ4n) is 6.39. The zero-order valence-electron chi connectivity index (χ0n) is 17.9. The monoisotopic (exact) mass is 422 g/mol. The summed E-state index contributed by atoms with van der Waals surface area (Å²) >= 11 is 0. The van der Waals surface area contributed by atoms with E-state index in [1.165, 1.54) is 16.0 Å². The average molecular weight is 423 g/mol. The molecule has 3 aromatic carbocycles. The Bertz CT molecular complexity index is 1090. The molecule has 3 heterocycles. The van der Waals surface area contributed by atoms with Gasteiger partial charge >= 0.3 is 0 Å². The smallest absolute Gasteiger partial charge is 0.239 e. The predicted molar refractivity (Wildman–Crippen MR) is 124 cm³/mol. The Kier molecular flexibility index (Phi) is 4.69. The van der Waals surface area contributed by atoms with E-state index in [1.807, 2.05) is 42.5 Å². The van der Waals surface area contributed by atoms with Crippen molar-refractivity contribution in [3.05, 3.63) is 102 Å². The highest BCUT2D eigenvalue weighted by atomic mass is 16.2. The molecule has 3 aliphatic heterocycles. The van der Waals surface area contributed by atoms with E-state index in [1.54, 1.807) is 0 Å². The molecule has 0 aromatic heterocycles. The zero-order chi connectivity index (χ0) is 21.7. The third kappa shape index (κ3) is 2.86. The molecule has 0 spiro atoms. The molecule has 3 aromatic rings. The van der Waals surface area contributed by atoms with E-state index >= 15 is 0 Å². The maximum absolute atomic E-state index is 13.9. The molecule has 160 valence electrons. The second-order valence-corrected chi connectivity index (χ2v) is 9.14. The molecule has 0 bridgehead atoms. The van der Waals surface area contributed by atoms with Crippen molar-refractivity contribution in [2.45, 2.75) is 30.8 Å². The van der Waals surface area contributed by atoms with E-state index in [-0.39, 0.29) is 41.7 Å². The summed E-state index contributed by atoms with van der Waals surface area (Å²) in [6, 6.07) is 30.5. The van der Waals surface area contributed by atoms with Gasteiger partial charge in [-0.25, -0.2) is 4.90 Å². The van der Waals surface area contributed by atoms with Gasteiger partial charge in [-0.2, -0.15) is 0 Å². The van der Waals surface area contributed by atoms with E-state index in [4.69, 9.17) is 0 Å². The summed E-state index contributed by atoms with van der Waals surface area (Å²) in [6.45, 7) is 0.949. The van der Waals surface area contributed by atoms with Crippen molar-refractivity contribution >= 4 is 17.5 Å². The van der Waals surface area contributed by atoms with Crippen LogP contribution in [0.1, 0.15) is 29.9 Å². The standard InChI is InChI=1S/C28H26N2O2/c31-27-24-22-17-10-18-29(22)26(25(24)28(32)30(27)21-15-8-3-9-16-21)23(19-11-4-1-5-12-19)20-13-6-2-7-14-20/h1-9,11-16,22-26H,10,17-18H2/t22-,24-,25+,26+/m1/s1. The number of hydrogen-bond acceptors (Lipinski definition) is 3. The molecule has 3 aliphatic rings. The minimum Gasteiger partial charge on any atom is -0.295 e. The Morgan fingerprint density at radius 3 is 1.81 bits per heavy atom. The first-order valence-corrected chi connectivity index (χ1v) is 11.5. The van der Waals surface area contributed by atoms with Gasteiger partial charge in [-0.15, -0.1) is 0 Å². The van der Waals surface area contributed by atoms with Crippen LogP contribution in [0.15, 0.2) is 91.0 Å². The van der Waals surface area contributed by atoms with Gasteiger partial charge in [0.25, 0.3) is 0 Å². The number of rotatable bonds is 4. The number of anilines is 1. The second-order valence-electron chi connectivity index (χ2n) is 9.14. The zero-order valence-corrected chi connectivity index (χ0v) is 17.9. The number of carbonyl (C=O) groups excluding carboxylic acids is 2. The largest absolute Gasteiger partial charge is 0.295 e.